The first-order chi connectivity index (χ1) is 8.86. The molecular formula is C13H28IN3O2. The van der Waals surface area contributed by atoms with Crippen molar-refractivity contribution in [1.82, 2.24) is 10.6 Å². The molecule has 0 unspecified atom stereocenters. The molecule has 1 aliphatic rings. The molecule has 0 spiro atoms. The second-order valence-corrected chi connectivity index (χ2v) is 4.55. The smallest absolute Gasteiger partial charge is 0.191 e. The summed E-state index contributed by atoms with van der Waals surface area (Å²) >= 11 is 0. The number of nitrogens with one attached hydrogen (secondary N) is 2. The van der Waals surface area contributed by atoms with Gasteiger partial charge in [-0.2, -0.15) is 0 Å². The Balaban J connectivity index is 0.00000324. The molecule has 19 heavy (non-hydrogen) atoms. The number of halogens is 1. The van der Waals surface area contributed by atoms with E-state index in [1.165, 1.54) is 12.8 Å². The van der Waals surface area contributed by atoms with Gasteiger partial charge in [-0.15, -0.1) is 24.0 Å². The zero-order chi connectivity index (χ0) is 13.1. The molecule has 0 bridgehead atoms. The number of guanidine groups is 1. The van der Waals surface area contributed by atoms with Crippen molar-refractivity contribution < 1.29 is 9.47 Å². The third kappa shape index (κ3) is 11.4. The third-order valence-corrected chi connectivity index (χ3v) is 2.74. The Morgan fingerprint density at radius 3 is 2.63 bits per heavy atom. The van der Waals surface area contributed by atoms with E-state index >= 15 is 0 Å². The summed E-state index contributed by atoms with van der Waals surface area (Å²) in [7, 11) is 1.68. The molecule has 2 N–H and O–H groups in total. The van der Waals surface area contributed by atoms with Crippen molar-refractivity contribution >= 4 is 29.9 Å². The van der Waals surface area contributed by atoms with E-state index in [9.17, 15) is 0 Å². The van der Waals surface area contributed by atoms with Crippen LogP contribution in [0.15, 0.2) is 4.99 Å². The average Bonchev–Trinajstić information content (AvgIpc) is 3.18. The zero-order valence-electron chi connectivity index (χ0n) is 12.1. The Morgan fingerprint density at radius 1 is 1.21 bits per heavy atom. The fourth-order valence-electron chi connectivity index (χ4n) is 1.49. The fraction of sp³-hybridized carbons (Fsp3) is 0.923. The molecule has 6 heteroatoms. The maximum absolute atomic E-state index is 5.40. The maximum atomic E-state index is 5.40. The maximum Gasteiger partial charge on any atom is 0.191 e. The van der Waals surface area contributed by atoms with E-state index in [4.69, 9.17) is 9.47 Å². The van der Waals surface area contributed by atoms with E-state index in [-0.39, 0.29) is 24.0 Å². The predicted octanol–water partition coefficient (Wildman–Crippen LogP) is 1.62. The van der Waals surface area contributed by atoms with Crippen LogP contribution >= 0.6 is 24.0 Å². The molecule has 1 fully saturated rings. The van der Waals surface area contributed by atoms with E-state index in [0.717, 1.165) is 44.5 Å². The highest BCUT2D eigenvalue weighted by molar-refractivity contribution is 14.0. The van der Waals surface area contributed by atoms with E-state index in [1.54, 1.807) is 7.11 Å². The number of nitrogens with zero attached hydrogens (tertiary/aromatic N) is 1. The Morgan fingerprint density at radius 2 is 2.00 bits per heavy atom. The van der Waals surface area contributed by atoms with Gasteiger partial charge in [0.2, 0.25) is 0 Å². The van der Waals surface area contributed by atoms with Gasteiger partial charge in [-0.05, 0) is 32.1 Å². The second-order valence-electron chi connectivity index (χ2n) is 4.55. The lowest BCUT2D eigenvalue weighted by Gasteiger charge is -2.11. The normalized spacial score (nSPS) is 14.9. The summed E-state index contributed by atoms with van der Waals surface area (Å²) < 4.78 is 10.3. The number of hydrogen-bond donors (Lipinski definition) is 2. The molecule has 0 atom stereocenters. The summed E-state index contributed by atoms with van der Waals surface area (Å²) in [6.45, 7) is 6.94. The van der Waals surface area contributed by atoms with Gasteiger partial charge in [0.15, 0.2) is 5.96 Å². The van der Waals surface area contributed by atoms with Crippen LogP contribution in [-0.2, 0) is 9.47 Å². The van der Waals surface area contributed by atoms with Gasteiger partial charge < -0.3 is 20.1 Å². The number of hydrogen-bond acceptors (Lipinski definition) is 3. The summed E-state index contributed by atoms with van der Waals surface area (Å²) in [5, 5.41) is 6.58. The minimum atomic E-state index is 0. The molecule has 1 saturated carbocycles. The summed E-state index contributed by atoms with van der Waals surface area (Å²) in [4.78, 5) is 4.56. The van der Waals surface area contributed by atoms with Gasteiger partial charge in [0.25, 0.3) is 0 Å². The quantitative estimate of drug-likeness (QED) is 0.260. The van der Waals surface area contributed by atoms with Crippen LogP contribution in [0.1, 0.15) is 26.2 Å². The second kappa shape index (κ2) is 12.9. The monoisotopic (exact) mass is 385 g/mol. The van der Waals surface area contributed by atoms with Crippen LogP contribution in [0, 0.1) is 5.92 Å². The number of ether oxygens (including phenoxy) is 2. The van der Waals surface area contributed by atoms with Crippen LogP contribution in [0.4, 0.5) is 0 Å². The van der Waals surface area contributed by atoms with Gasteiger partial charge in [0.05, 0.1) is 13.2 Å². The molecule has 1 rings (SSSR count). The number of methoxy groups -OCH3 is 1. The van der Waals surface area contributed by atoms with Crippen LogP contribution < -0.4 is 10.6 Å². The highest BCUT2D eigenvalue weighted by atomic mass is 127. The van der Waals surface area contributed by atoms with Crippen LogP contribution in [0.2, 0.25) is 0 Å². The first-order valence-electron chi connectivity index (χ1n) is 6.95. The molecule has 0 saturated heterocycles. The van der Waals surface area contributed by atoms with Crippen LogP contribution in [0.3, 0.4) is 0 Å². The van der Waals surface area contributed by atoms with Crippen LogP contribution in [-0.4, -0.2) is 52.5 Å². The zero-order valence-corrected chi connectivity index (χ0v) is 14.4. The Hall–Kier alpha value is -0.0800. The summed E-state index contributed by atoms with van der Waals surface area (Å²) in [5.41, 5.74) is 0. The first kappa shape index (κ1) is 18.9. The Labute approximate surface area is 133 Å². The van der Waals surface area contributed by atoms with Crippen molar-refractivity contribution in [2.75, 3.05) is 46.6 Å². The van der Waals surface area contributed by atoms with Gasteiger partial charge in [-0.3, -0.25) is 4.99 Å². The molecule has 0 radical (unpaired) electrons. The molecular weight excluding hydrogens is 357 g/mol. The minimum Gasteiger partial charge on any atom is -0.382 e. The largest absolute Gasteiger partial charge is 0.382 e. The van der Waals surface area contributed by atoms with Crippen LogP contribution in [0.5, 0.6) is 0 Å². The van der Waals surface area contributed by atoms with Crippen LogP contribution in [0.25, 0.3) is 0 Å². The van der Waals surface area contributed by atoms with Gasteiger partial charge >= 0.3 is 0 Å². The molecule has 1 aliphatic carbocycles. The molecule has 0 amide bonds. The predicted molar refractivity (Wildman–Crippen MR) is 89.4 cm³/mol. The molecule has 0 aromatic heterocycles. The lowest BCUT2D eigenvalue weighted by Crippen LogP contribution is -2.38. The SMILES string of the molecule is CCNC(=NCC1CC1)NCCCOCCOC.I. The molecule has 0 aliphatic heterocycles. The topological polar surface area (TPSA) is 54.9 Å². The highest BCUT2D eigenvalue weighted by Crippen LogP contribution is 2.28. The minimum absolute atomic E-state index is 0. The van der Waals surface area contributed by atoms with E-state index in [1.807, 2.05) is 0 Å². The third-order valence-electron chi connectivity index (χ3n) is 2.74. The van der Waals surface area contributed by atoms with E-state index in [0.29, 0.717) is 13.2 Å². The van der Waals surface area contributed by atoms with Gasteiger partial charge in [-0.1, -0.05) is 0 Å². The molecule has 114 valence electrons. The summed E-state index contributed by atoms with van der Waals surface area (Å²) in [5.74, 6) is 1.76. The van der Waals surface area contributed by atoms with Gasteiger partial charge in [0, 0.05) is 33.4 Å². The highest BCUT2D eigenvalue weighted by Gasteiger charge is 2.20. The summed E-state index contributed by atoms with van der Waals surface area (Å²) in [6.07, 6.45) is 3.67. The van der Waals surface area contributed by atoms with E-state index in [2.05, 4.69) is 22.5 Å². The molecule has 0 aromatic carbocycles. The number of rotatable bonds is 10. The van der Waals surface area contributed by atoms with Crippen molar-refractivity contribution in [3.05, 3.63) is 0 Å². The molecule has 0 aromatic rings. The first-order valence-corrected chi connectivity index (χ1v) is 6.95. The summed E-state index contributed by atoms with van der Waals surface area (Å²) in [6, 6.07) is 0. The standard InChI is InChI=1S/C13H27N3O2.HI/c1-3-14-13(16-11-12-5-6-12)15-7-4-8-18-10-9-17-2;/h12H,3-11H2,1-2H3,(H2,14,15,16);1H. The Kier molecular flexibility index (Phi) is 12.9. The van der Waals surface area contributed by atoms with Crippen molar-refractivity contribution in [1.29, 1.82) is 0 Å². The van der Waals surface area contributed by atoms with Gasteiger partial charge in [-0.25, -0.2) is 0 Å². The molecule has 5 nitrogen and oxygen atoms in total. The number of aliphatic imine (C=N–C) groups is 1. The lowest BCUT2D eigenvalue weighted by atomic mass is 10.4. The average molecular weight is 385 g/mol. The Bertz CT molecular complexity index is 236. The van der Waals surface area contributed by atoms with E-state index < -0.39 is 0 Å². The van der Waals surface area contributed by atoms with Gasteiger partial charge in [0.1, 0.15) is 0 Å². The van der Waals surface area contributed by atoms with Crippen molar-refractivity contribution in [3.63, 3.8) is 0 Å². The molecule has 0 heterocycles. The van der Waals surface area contributed by atoms with Crippen molar-refractivity contribution in [3.8, 4) is 0 Å². The van der Waals surface area contributed by atoms with Crippen molar-refractivity contribution in [2.24, 2.45) is 10.9 Å². The lowest BCUT2D eigenvalue weighted by molar-refractivity contribution is 0.0698. The van der Waals surface area contributed by atoms with Crippen molar-refractivity contribution in [2.45, 2.75) is 26.2 Å². The fourth-order valence-corrected chi connectivity index (χ4v) is 1.49.